The van der Waals surface area contributed by atoms with Gasteiger partial charge in [-0.2, -0.15) is 5.10 Å². The van der Waals surface area contributed by atoms with Gasteiger partial charge in [-0.05, 0) is 49.9 Å². The zero-order chi connectivity index (χ0) is 28.3. The van der Waals surface area contributed by atoms with Crippen LogP contribution in [-0.4, -0.2) is 40.4 Å². The number of carbonyl (C=O) groups is 2. The van der Waals surface area contributed by atoms with Gasteiger partial charge in [-0.15, -0.1) is 11.8 Å². The second-order valence-electron chi connectivity index (χ2n) is 11.6. The highest BCUT2D eigenvalue weighted by molar-refractivity contribution is 8.00. The molecule has 1 atom stereocenters. The maximum absolute atomic E-state index is 13.8. The molecule has 6 nitrogen and oxygen atoms in total. The van der Waals surface area contributed by atoms with Gasteiger partial charge < -0.3 is 5.32 Å². The van der Waals surface area contributed by atoms with Gasteiger partial charge in [0.25, 0.3) is 0 Å². The molecule has 208 valence electrons. The molecule has 2 amide bonds. The van der Waals surface area contributed by atoms with Crippen LogP contribution in [0.3, 0.4) is 0 Å². The summed E-state index contributed by atoms with van der Waals surface area (Å²) >= 11 is 1.63. The van der Waals surface area contributed by atoms with Crippen molar-refractivity contribution in [3.63, 3.8) is 0 Å². The van der Waals surface area contributed by atoms with Gasteiger partial charge >= 0.3 is 0 Å². The van der Waals surface area contributed by atoms with E-state index in [-0.39, 0.29) is 34.8 Å². The first-order valence-corrected chi connectivity index (χ1v) is 15.0. The Balaban J connectivity index is 1.95. The number of rotatable bonds is 8. The average molecular weight is 547 g/mol. The maximum atomic E-state index is 13.8. The summed E-state index contributed by atoms with van der Waals surface area (Å²) in [7, 11) is 0. The molecule has 2 heterocycles. The van der Waals surface area contributed by atoms with Crippen molar-refractivity contribution >= 4 is 29.4 Å². The summed E-state index contributed by atoms with van der Waals surface area (Å²) in [6.45, 7) is 15.5. The molecule has 1 aliphatic heterocycles. The van der Waals surface area contributed by atoms with E-state index in [0.717, 1.165) is 41.8 Å². The Morgan fingerprint density at radius 3 is 2.49 bits per heavy atom. The van der Waals surface area contributed by atoms with E-state index in [9.17, 15) is 9.59 Å². The summed E-state index contributed by atoms with van der Waals surface area (Å²) < 4.78 is 1.92. The summed E-state index contributed by atoms with van der Waals surface area (Å²) in [6.07, 6.45) is 3.09. The number of benzene rings is 2. The monoisotopic (exact) mass is 546 g/mol. The van der Waals surface area contributed by atoms with Crippen molar-refractivity contribution in [2.75, 3.05) is 23.7 Å². The number of thioether (sulfide) groups is 1. The second kappa shape index (κ2) is 12.0. The quantitative estimate of drug-likeness (QED) is 0.325. The molecule has 0 saturated heterocycles. The molecule has 0 saturated carbocycles. The molecule has 1 aliphatic rings. The number of aromatic nitrogens is 2. The predicted molar refractivity (Wildman–Crippen MR) is 162 cm³/mol. The first kappa shape index (κ1) is 28.9. The van der Waals surface area contributed by atoms with E-state index in [1.165, 1.54) is 16.7 Å². The van der Waals surface area contributed by atoms with Crippen molar-refractivity contribution in [1.82, 2.24) is 15.1 Å². The van der Waals surface area contributed by atoms with E-state index >= 15 is 0 Å². The van der Waals surface area contributed by atoms with E-state index < -0.39 is 0 Å². The molecule has 0 aliphatic carbocycles. The Labute approximate surface area is 237 Å². The normalized spacial score (nSPS) is 15.7. The minimum Gasteiger partial charge on any atom is -0.355 e. The van der Waals surface area contributed by atoms with Crippen LogP contribution >= 0.6 is 11.8 Å². The highest BCUT2D eigenvalue weighted by Crippen LogP contribution is 2.49. The van der Waals surface area contributed by atoms with Crippen LogP contribution in [0.25, 0.3) is 5.69 Å². The van der Waals surface area contributed by atoms with Crippen molar-refractivity contribution in [3.8, 4) is 5.69 Å². The Bertz CT molecular complexity index is 1350. The van der Waals surface area contributed by atoms with Crippen LogP contribution in [0, 0.1) is 20.8 Å². The van der Waals surface area contributed by atoms with E-state index in [4.69, 9.17) is 5.10 Å². The highest BCUT2D eigenvalue weighted by atomic mass is 32.2. The Morgan fingerprint density at radius 2 is 1.82 bits per heavy atom. The van der Waals surface area contributed by atoms with Crippen LogP contribution in [-0.2, 0) is 15.0 Å². The fraction of sp³-hybridized carbons (Fsp3) is 0.469. The van der Waals surface area contributed by atoms with Crippen LogP contribution in [0.1, 0.15) is 85.7 Å². The number of carbonyl (C=O) groups excluding carboxylic acids is 2. The zero-order valence-corrected chi connectivity index (χ0v) is 25.2. The Kier molecular flexibility index (Phi) is 8.90. The van der Waals surface area contributed by atoms with E-state index in [1.807, 2.05) is 10.7 Å². The van der Waals surface area contributed by atoms with E-state index in [2.05, 4.69) is 90.2 Å². The van der Waals surface area contributed by atoms with Crippen molar-refractivity contribution in [3.05, 3.63) is 76.0 Å². The summed E-state index contributed by atoms with van der Waals surface area (Å²) in [4.78, 5) is 28.7. The number of anilines is 1. The molecule has 0 spiro atoms. The molecule has 1 unspecified atom stereocenters. The molecule has 0 fully saturated rings. The molecule has 39 heavy (non-hydrogen) atoms. The number of hydrogen-bond acceptors (Lipinski definition) is 4. The van der Waals surface area contributed by atoms with Crippen LogP contribution in [0.2, 0.25) is 0 Å². The molecular formula is C32H42N4O2S. The van der Waals surface area contributed by atoms with Gasteiger partial charge in [-0.3, -0.25) is 14.5 Å². The van der Waals surface area contributed by atoms with Gasteiger partial charge in [0.05, 0.1) is 22.4 Å². The number of amides is 2. The number of aryl methyl sites for hydroxylation is 3. The lowest BCUT2D eigenvalue weighted by Crippen LogP contribution is -2.42. The van der Waals surface area contributed by atoms with Crippen molar-refractivity contribution in [2.45, 2.75) is 78.4 Å². The molecule has 7 heteroatoms. The summed E-state index contributed by atoms with van der Waals surface area (Å²) in [5.41, 5.74) is 7.19. The first-order valence-electron chi connectivity index (χ1n) is 14.0. The third-order valence-electron chi connectivity index (χ3n) is 7.26. The summed E-state index contributed by atoms with van der Waals surface area (Å²) in [6, 6.07) is 14.7. The molecule has 4 rings (SSSR count). The topological polar surface area (TPSA) is 67.2 Å². The SMILES string of the molecule is CCCCCNC(=O)CN1C(=O)CSC(c2ccccc2C)c2c(C(C)(C)C)nn(-c3ccc(C)cc3C)c21. The van der Waals surface area contributed by atoms with Crippen LogP contribution in [0.15, 0.2) is 42.5 Å². The lowest BCUT2D eigenvalue weighted by Gasteiger charge is -2.25. The number of unbranched alkanes of at least 4 members (excludes halogenated alkanes) is 2. The van der Waals surface area contributed by atoms with Gasteiger partial charge in [0.2, 0.25) is 11.8 Å². The zero-order valence-electron chi connectivity index (χ0n) is 24.4. The maximum Gasteiger partial charge on any atom is 0.240 e. The number of hydrogen-bond donors (Lipinski definition) is 1. The van der Waals surface area contributed by atoms with Gasteiger partial charge in [0.15, 0.2) is 0 Å². The van der Waals surface area contributed by atoms with Crippen molar-refractivity contribution in [1.29, 1.82) is 0 Å². The predicted octanol–water partition coefficient (Wildman–Crippen LogP) is 6.57. The van der Waals surface area contributed by atoms with Crippen molar-refractivity contribution < 1.29 is 9.59 Å². The highest BCUT2D eigenvalue weighted by Gasteiger charge is 2.40. The van der Waals surface area contributed by atoms with Crippen molar-refractivity contribution in [2.24, 2.45) is 0 Å². The fourth-order valence-electron chi connectivity index (χ4n) is 5.21. The van der Waals surface area contributed by atoms with Gasteiger partial charge in [0.1, 0.15) is 12.4 Å². The van der Waals surface area contributed by atoms with Gasteiger partial charge in [0, 0.05) is 17.5 Å². The summed E-state index contributed by atoms with van der Waals surface area (Å²) in [5.74, 6) is 0.773. The van der Waals surface area contributed by atoms with Crippen LogP contribution < -0.4 is 10.2 Å². The fourth-order valence-corrected chi connectivity index (χ4v) is 6.51. The molecule has 2 aromatic carbocycles. The summed E-state index contributed by atoms with van der Waals surface area (Å²) in [5, 5.41) is 8.17. The number of fused-ring (bicyclic) bond motifs is 1. The lowest BCUT2D eigenvalue weighted by atomic mass is 9.86. The molecular weight excluding hydrogens is 504 g/mol. The van der Waals surface area contributed by atoms with E-state index in [0.29, 0.717) is 12.4 Å². The van der Waals surface area contributed by atoms with Gasteiger partial charge in [-0.1, -0.05) is 82.5 Å². The van der Waals surface area contributed by atoms with Crippen LogP contribution in [0.4, 0.5) is 5.82 Å². The minimum absolute atomic E-state index is 0.0286. The number of nitrogens with one attached hydrogen (secondary N) is 1. The smallest absolute Gasteiger partial charge is 0.240 e. The molecule has 0 bridgehead atoms. The Morgan fingerprint density at radius 1 is 1.08 bits per heavy atom. The standard InChI is InChI=1S/C32H42N4O2S/c1-8-9-12-17-33-26(37)19-35-27(38)20-39-29(24-14-11-10-13-22(24)3)28-30(32(5,6)7)34-36(31(28)35)25-16-15-21(2)18-23(25)4/h10-11,13-16,18,29H,8-9,12,17,19-20H2,1-7H3,(H,33,37). The molecule has 0 radical (unpaired) electrons. The van der Waals surface area contributed by atoms with E-state index in [1.54, 1.807) is 16.7 Å². The minimum atomic E-state index is -0.281. The third-order valence-corrected chi connectivity index (χ3v) is 8.49. The van der Waals surface area contributed by atoms with Gasteiger partial charge in [-0.25, -0.2) is 4.68 Å². The largest absolute Gasteiger partial charge is 0.355 e. The second-order valence-corrected chi connectivity index (χ2v) is 12.7. The Hall–Kier alpha value is -3.06. The average Bonchev–Trinajstić information content (AvgIpc) is 3.20. The first-order chi connectivity index (χ1) is 18.5. The molecule has 1 N–H and O–H groups in total. The van der Waals surface area contributed by atoms with Crippen LogP contribution in [0.5, 0.6) is 0 Å². The third kappa shape index (κ3) is 6.24. The number of nitrogens with zero attached hydrogens (tertiary/aromatic N) is 3. The molecule has 1 aromatic heterocycles. The lowest BCUT2D eigenvalue weighted by molar-refractivity contribution is -0.122. The molecule has 3 aromatic rings.